The van der Waals surface area contributed by atoms with Crippen molar-refractivity contribution in [1.82, 2.24) is 14.6 Å². The normalized spacial score (nSPS) is 16.6. The number of aryl methyl sites for hydroxylation is 1. The van der Waals surface area contributed by atoms with Gasteiger partial charge in [0.25, 0.3) is 0 Å². The lowest BCUT2D eigenvalue weighted by Gasteiger charge is -2.30. The summed E-state index contributed by atoms with van der Waals surface area (Å²) in [6, 6.07) is 8.76. The number of hydrogen-bond acceptors (Lipinski definition) is 6. The largest absolute Gasteiger partial charge is 0.497 e. The molecule has 2 aromatic rings. The van der Waals surface area contributed by atoms with Crippen molar-refractivity contribution in [3.8, 4) is 16.5 Å². The highest BCUT2D eigenvalue weighted by atomic mass is 32.2. The minimum absolute atomic E-state index is 0.0403. The Balaban J connectivity index is 0.000000319. The number of likely N-dealkylation sites (tertiary alicyclic amines) is 1. The maximum absolute atomic E-state index is 10.8. The lowest BCUT2D eigenvalue weighted by atomic mass is 10.0. The van der Waals surface area contributed by atoms with Gasteiger partial charge in [-0.1, -0.05) is 30.4 Å². The van der Waals surface area contributed by atoms with Crippen LogP contribution in [0, 0.1) is 11.3 Å². The number of ether oxygens (including phenoxy) is 1. The van der Waals surface area contributed by atoms with Crippen molar-refractivity contribution in [2.45, 2.75) is 52.6 Å². The van der Waals surface area contributed by atoms with Crippen LogP contribution in [-0.2, 0) is 28.6 Å². The molecule has 8 heteroatoms. The predicted octanol–water partition coefficient (Wildman–Crippen LogP) is 5.67. The topological polar surface area (TPSA) is 78.2 Å². The first-order valence-electron chi connectivity index (χ1n) is 12.9. The van der Waals surface area contributed by atoms with E-state index in [1.165, 1.54) is 60.2 Å². The van der Waals surface area contributed by atoms with Gasteiger partial charge in [-0.05, 0) is 89.4 Å². The molecule has 1 aromatic heterocycles. The Bertz CT molecular complexity index is 1190. The number of rotatable bonds is 10. The van der Waals surface area contributed by atoms with E-state index in [9.17, 15) is 9.47 Å². The second kappa shape index (κ2) is 15.0. The third-order valence-electron chi connectivity index (χ3n) is 6.19. The van der Waals surface area contributed by atoms with Crippen molar-refractivity contribution in [3.63, 3.8) is 0 Å². The third kappa shape index (κ3) is 8.75. The molecule has 0 radical (unpaired) electrons. The van der Waals surface area contributed by atoms with Gasteiger partial charge >= 0.3 is 0 Å². The van der Waals surface area contributed by atoms with Crippen LogP contribution in [-0.4, -0.2) is 52.6 Å². The number of nitriles is 1. The van der Waals surface area contributed by atoms with Crippen LogP contribution in [0.4, 0.5) is 0 Å². The standard InChI is InChI=1S/C23H24N2OS.C6H14N2OS/c1-4-7-19(12-17(13-24)15-26-16(2)3)23-25-14-22(27-23)21-11-6-9-18-8-5-10-20(18)21;1-7-10(9)6-5-8-3-2-4-8/h4,6-7,9,11-12,14-16H,5,8,10H2,1-3H3;7H,2-6H2,1H3/b7-4-,17-15-,19-12+;. The SMILES string of the molecule is CNS(=O)CCN1CCC1.C\C=C/C(=C\C(C#N)=C\OC(C)C)c1ncc(-c2cccc3c2CCC3)s1. The van der Waals surface area contributed by atoms with Crippen molar-refractivity contribution >= 4 is 27.9 Å². The number of nitrogens with one attached hydrogen (secondary N) is 1. The Morgan fingerprint density at radius 2 is 2.14 bits per heavy atom. The van der Waals surface area contributed by atoms with Gasteiger partial charge in [-0.2, -0.15) is 5.26 Å². The highest BCUT2D eigenvalue weighted by Gasteiger charge is 2.17. The van der Waals surface area contributed by atoms with Gasteiger partial charge in [-0.25, -0.2) is 13.9 Å². The Morgan fingerprint density at radius 1 is 1.32 bits per heavy atom. The molecule has 1 atom stereocenters. The zero-order chi connectivity index (χ0) is 26.6. The maximum Gasteiger partial charge on any atom is 0.123 e. The van der Waals surface area contributed by atoms with Crippen LogP contribution >= 0.6 is 11.3 Å². The van der Waals surface area contributed by atoms with Crippen LogP contribution in [0.2, 0.25) is 0 Å². The molecule has 198 valence electrons. The maximum atomic E-state index is 10.8. The molecule has 2 heterocycles. The smallest absolute Gasteiger partial charge is 0.123 e. The van der Waals surface area contributed by atoms with Gasteiger partial charge in [0.1, 0.15) is 17.3 Å². The van der Waals surface area contributed by atoms with E-state index in [2.05, 4.69) is 38.9 Å². The molecule has 1 unspecified atom stereocenters. The molecule has 1 N–H and O–H groups in total. The van der Waals surface area contributed by atoms with Crippen LogP contribution in [0.3, 0.4) is 0 Å². The molecule has 1 fully saturated rings. The van der Waals surface area contributed by atoms with Gasteiger partial charge in [0.15, 0.2) is 0 Å². The van der Waals surface area contributed by atoms with Crippen molar-refractivity contribution < 1.29 is 8.95 Å². The zero-order valence-corrected chi connectivity index (χ0v) is 24.0. The van der Waals surface area contributed by atoms with Gasteiger partial charge in [-0.3, -0.25) is 0 Å². The first-order chi connectivity index (χ1) is 17.9. The van der Waals surface area contributed by atoms with E-state index in [1.807, 2.05) is 45.2 Å². The van der Waals surface area contributed by atoms with Crippen molar-refractivity contribution in [2.75, 3.05) is 32.4 Å². The summed E-state index contributed by atoms with van der Waals surface area (Å²) in [6.45, 7) is 9.21. The summed E-state index contributed by atoms with van der Waals surface area (Å²) in [5.41, 5.74) is 5.63. The number of nitrogens with zero attached hydrogens (tertiary/aromatic N) is 3. The highest BCUT2D eigenvalue weighted by Crippen LogP contribution is 2.37. The Morgan fingerprint density at radius 3 is 2.78 bits per heavy atom. The molecule has 0 amide bonds. The summed E-state index contributed by atoms with van der Waals surface area (Å²) in [7, 11) is 0.921. The van der Waals surface area contributed by atoms with Crippen LogP contribution in [0.25, 0.3) is 16.0 Å². The molecule has 1 aromatic carbocycles. The quantitative estimate of drug-likeness (QED) is 0.240. The van der Waals surface area contributed by atoms with E-state index in [4.69, 9.17) is 4.74 Å². The number of benzene rings is 1. The first kappa shape index (κ1) is 29.0. The van der Waals surface area contributed by atoms with Crippen LogP contribution in [0.1, 0.15) is 49.7 Å². The molecule has 4 rings (SSSR count). The summed E-state index contributed by atoms with van der Waals surface area (Å²) in [5.74, 6) is 0.760. The molecule has 1 saturated heterocycles. The van der Waals surface area contributed by atoms with Crippen LogP contribution < -0.4 is 4.72 Å². The number of hydrogen-bond donors (Lipinski definition) is 1. The minimum Gasteiger partial charge on any atom is -0.497 e. The Kier molecular flexibility index (Phi) is 11.7. The molecular weight excluding hydrogens is 500 g/mol. The summed E-state index contributed by atoms with van der Waals surface area (Å²) in [6.07, 6.45) is 14.1. The molecule has 0 saturated carbocycles. The molecular formula is C29H38N4O2S2. The number of thiazole rings is 1. The van der Waals surface area contributed by atoms with Crippen molar-refractivity contribution in [2.24, 2.45) is 0 Å². The lowest BCUT2D eigenvalue weighted by Crippen LogP contribution is -2.40. The van der Waals surface area contributed by atoms with E-state index < -0.39 is 11.0 Å². The van der Waals surface area contributed by atoms with E-state index in [1.54, 1.807) is 18.4 Å². The van der Waals surface area contributed by atoms with E-state index in [0.717, 1.165) is 29.3 Å². The Labute approximate surface area is 228 Å². The van der Waals surface area contributed by atoms with Crippen LogP contribution in [0.15, 0.2) is 54.5 Å². The van der Waals surface area contributed by atoms with Gasteiger partial charge in [0.05, 0.1) is 33.3 Å². The highest BCUT2D eigenvalue weighted by molar-refractivity contribution is 7.83. The van der Waals surface area contributed by atoms with Crippen molar-refractivity contribution in [1.29, 1.82) is 5.26 Å². The summed E-state index contributed by atoms with van der Waals surface area (Å²) in [5, 5.41) is 10.3. The fraction of sp³-hybridized carbons (Fsp3) is 0.448. The zero-order valence-electron chi connectivity index (χ0n) is 22.3. The van der Waals surface area contributed by atoms with E-state index in [-0.39, 0.29) is 6.10 Å². The van der Waals surface area contributed by atoms with Crippen molar-refractivity contribution in [3.05, 3.63) is 70.6 Å². The molecule has 37 heavy (non-hydrogen) atoms. The summed E-state index contributed by atoms with van der Waals surface area (Å²) < 4.78 is 19.0. The molecule has 2 aliphatic rings. The average molecular weight is 539 g/mol. The number of allylic oxidation sites excluding steroid dienone is 5. The summed E-state index contributed by atoms with van der Waals surface area (Å²) in [4.78, 5) is 8.14. The number of aromatic nitrogens is 1. The molecule has 1 aliphatic carbocycles. The molecule has 6 nitrogen and oxygen atoms in total. The molecule has 0 bridgehead atoms. The van der Waals surface area contributed by atoms with Gasteiger partial charge in [0.2, 0.25) is 0 Å². The predicted molar refractivity (Wildman–Crippen MR) is 155 cm³/mol. The first-order valence-corrected chi connectivity index (χ1v) is 15.0. The average Bonchev–Trinajstić information content (AvgIpc) is 3.55. The second-order valence-corrected chi connectivity index (χ2v) is 11.8. The monoisotopic (exact) mass is 538 g/mol. The van der Waals surface area contributed by atoms with E-state index >= 15 is 0 Å². The van der Waals surface area contributed by atoms with E-state index in [0.29, 0.717) is 5.57 Å². The fourth-order valence-corrected chi connectivity index (χ4v) is 5.73. The second-order valence-electron chi connectivity index (χ2n) is 9.24. The molecule has 1 aliphatic heterocycles. The minimum atomic E-state index is -0.807. The number of fused-ring (bicyclic) bond motifs is 1. The lowest BCUT2D eigenvalue weighted by molar-refractivity contribution is 0.178. The Hall–Kier alpha value is -2.57. The van der Waals surface area contributed by atoms with Gasteiger partial charge < -0.3 is 9.64 Å². The van der Waals surface area contributed by atoms with Gasteiger partial charge in [-0.15, -0.1) is 11.3 Å². The van der Waals surface area contributed by atoms with Crippen LogP contribution in [0.5, 0.6) is 0 Å². The molecule has 0 spiro atoms. The third-order valence-corrected chi connectivity index (χ3v) is 8.28. The summed E-state index contributed by atoms with van der Waals surface area (Å²) >= 11 is 1.67. The fourth-order valence-electron chi connectivity index (χ4n) is 4.13. The van der Waals surface area contributed by atoms with Gasteiger partial charge in [0, 0.05) is 18.3 Å².